The number of aromatic nitrogens is 3. The number of benzene rings is 4. The molecule has 31 heteroatoms. The van der Waals surface area contributed by atoms with Crippen LogP contribution in [-0.2, 0) is 54.8 Å². The summed E-state index contributed by atoms with van der Waals surface area (Å²) in [6, 6.07) is 6.94. The van der Waals surface area contributed by atoms with Gasteiger partial charge in [0.2, 0.25) is 17.2 Å². The number of sulfone groups is 1. The van der Waals surface area contributed by atoms with Gasteiger partial charge in [-0.15, -0.1) is 10.2 Å². The number of azo groups is 1. The van der Waals surface area contributed by atoms with E-state index in [1.54, 1.807) is 0 Å². The Labute approximate surface area is 336 Å². The van der Waals surface area contributed by atoms with Crippen LogP contribution in [-0.4, -0.2) is 99.8 Å². The Morgan fingerprint density at radius 2 is 1.44 bits per heavy atom. The molecule has 4 aromatic carbocycles. The van der Waals surface area contributed by atoms with Crippen molar-refractivity contribution < 1.29 is 78.4 Å². The van der Waals surface area contributed by atoms with Crippen molar-refractivity contribution in [3.8, 4) is 5.75 Å². The molecule has 0 radical (unpaired) electrons. The smallest absolute Gasteiger partial charge is 0.397 e. The summed E-state index contributed by atoms with van der Waals surface area (Å²) >= 11 is 6.13. The quantitative estimate of drug-likeness (QED) is 0.0678. The topological polar surface area (TPSA) is 360 Å². The molecule has 0 aliphatic heterocycles. The van der Waals surface area contributed by atoms with Gasteiger partial charge in [-0.05, 0) is 53.4 Å². The highest BCUT2D eigenvalue weighted by molar-refractivity contribution is 7.91. The highest BCUT2D eigenvalue weighted by atomic mass is 35.5. The van der Waals surface area contributed by atoms with Crippen LogP contribution in [0.5, 0.6) is 5.75 Å². The molecule has 0 saturated carbocycles. The second-order valence-electron chi connectivity index (χ2n) is 11.5. The zero-order valence-electron chi connectivity index (χ0n) is 28.7. The summed E-state index contributed by atoms with van der Waals surface area (Å²) in [5.41, 5.74) is -2.80. The molecule has 23 nitrogen and oxygen atoms in total. The molecule has 0 bridgehead atoms. The molecule has 5 aromatic rings. The molecule has 1 heterocycles. The zero-order chi connectivity index (χ0) is 44.0. The first-order valence-electron chi connectivity index (χ1n) is 15.1. The van der Waals surface area contributed by atoms with Crippen molar-refractivity contribution in [2.45, 2.75) is 19.6 Å². The number of hydrogen-bond donors (Lipinski definition) is 6. The number of nitrogens with zero attached hydrogens (tertiary/aromatic N) is 6. The summed E-state index contributed by atoms with van der Waals surface area (Å²) in [4.78, 5) is 9.01. The molecule has 59 heavy (non-hydrogen) atoms. The predicted octanol–water partition coefficient (Wildman–Crippen LogP) is 3.92. The second kappa shape index (κ2) is 16.1. The molecule has 0 unspecified atom stereocenters. The summed E-state index contributed by atoms with van der Waals surface area (Å²) in [7, 11) is -23.7. The van der Waals surface area contributed by atoms with Crippen LogP contribution in [0.15, 0.2) is 84.4 Å². The summed E-state index contributed by atoms with van der Waals surface area (Å²) < 4.78 is 190. The van der Waals surface area contributed by atoms with E-state index in [2.05, 4.69) is 34.7 Å². The van der Waals surface area contributed by atoms with Crippen molar-refractivity contribution in [1.29, 1.82) is 0 Å². The number of rotatable bonds is 14. The summed E-state index contributed by atoms with van der Waals surface area (Å²) in [6.45, 7) is -0.921. The maximum atomic E-state index is 14.7. The maximum absolute atomic E-state index is 14.7. The van der Waals surface area contributed by atoms with Gasteiger partial charge in [-0.25, -0.2) is 21.4 Å². The standard InChI is InChI=1S/C28H22ClF2N7O16S5/c1-38(14-3-2-4-15(9-14)55(40,41)6-5-54-59(51,52)53)28-34-26(29)33-27(35-28)32-20-10-16(56(42,43)44)7-13-8-22(58(48,49)50)24(25(39)23(13)20)37-36-19-11-18(31)21(12-17(19)30)57(45,46)47/h2-4,7-12,39H,5-6H2,1H3,(H,42,43,44)(H,45,46,47)(H,48,49,50)(H,51,52,53)(H,32,33,34,35). The van der Waals surface area contributed by atoms with Crippen LogP contribution in [0.25, 0.3) is 10.8 Å². The highest BCUT2D eigenvalue weighted by Gasteiger charge is 2.27. The number of halogens is 3. The first-order valence-corrected chi connectivity index (χ1v) is 22.8. The minimum atomic E-state index is -5.45. The average Bonchev–Trinajstić information content (AvgIpc) is 3.09. The van der Waals surface area contributed by atoms with Gasteiger partial charge in [0, 0.05) is 30.3 Å². The molecule has 0 spiro atoms. The van der Waals surface area contributed by atoms with Crippen molar-refractivity contribution in [3.05, 3.63) is 71.5 Å². The number of nitrogens with one attached hydrogen (secondary N) is 1. The van der Waals surface area contributed by atoms with Crippen LogP contribution in [0, 0.1) is 11.6 Å². The van der Waals surface area contributed by atoms with Gasteiger partial charge in [-0.1, -0.05) is 6.07 Å². The van der Waals surface area contributed by atoms with Crippen LogP contribution >= 0.6 is 11.6 Å². The number of phenols is 1. The molecular weight excluding hydrogens is 924 g/mol. The normalized spacial score (nSPS) is 12.9. The summed E-state index contributed by atoms with van der Waals surface area (Å²) in [6.07, 6.45) is 0. The lowest BCUT2D eigenvalue weighted by Gasteiger charge is -2.19. The largest absolute Gasteiger partial charge is 0.505 e. The van der Waals surface area contributed by atoms with Crippen molar-refractivity contribution in [2.24, 2.45) is 10.2 Å². The van der Waals surface area contributed by atoms with Crippen LogP contribution in [0.2, 0.25) is 5.28 Å². The molecule has 316 valence electrons. The van der Waals surface area contributed by atoms with E-state index >= 15 is 0 Å². The highest BCUT2D eigenvalue weighted by Crippen LogP contribution is 2.46. The van der Waals surface area contributed by atoms with E-state index in [0.717, 1.165) is 17.0 Å². The van der Waals surface area contributed by atoms with Crippen molar-refractivity contribution in [2.75, 3.05) is 29.6 Å². The molecule has 5 rings (SSSR count). The van der Waals surface area contributed by atoms with Gasteiger partial charge in [-0.2, -0.15) is 48.6 Å². The molecule has 0 amide bonds. The Kier molecular flexibility index (Phi) is 12.3. The lowest BCUT2D eigenvalue weighted by Crippen LogP contribution is -2.17. The third-order valence-electron chi connectivity index (χ3n) is 7.53. The first kappa shape index (κ1) is 44.9. The SMILES string of the molecule is CN(c1cccc(S(=O)(=O)CCOS(=O)(=O)O)c1)c1nc(Cl)nc(Nc2cc(S(=O)(=O)O)cc3cc(S(=O)(=O)O)c(N=Nc4cc(F)c(S(=O)(=O)O)cc4F)c(O)c23)n1. The molecule has 6 N–H and O–H groups in total. The Morgan fingerprint density at radius 3 is 2.05 bits per heavy atom. The zero-order valence-corrected chi connectivity index (χ0v) is 33.5. The molecule has 0 aliphatic carbocycles. The average molecular weight is 946 g/mol. The van der Waals surface area contributed by atoms with Gasteiger partial charge in [0.1, 0.15) is 27.0 Å². The van der Waals surface area contributed by atoms with Gasteiger partial charge in [0.05, 0.1) is 27.8 Å². The van der Waals surface area contributed by atoms with Crippen LogP contribution in [0.1, 0.15) is 0 Å². The van der Waals surface area contributed by atoms with Crippen molar-refractivity contribution in [3.63, 3.8) is 0 Å². The predicted molar refractivity (Wildman–Crippen MR) is 198 cm³/mol. The van der Waals surface area contributed by atoms with E-state index in [-0.39, 0.29) is 28.7 Å². The Balaban J connectivity index is 1.63. The minimum Gasteiger partial charge on any atom is -0.505 e. The third kappa shape index (κ3) is 10.5. The van der Waals surface area contributed by atoms with E-state index in [1.165, 1.54) is 19.2 Å². The Bertz CT molecular complexity index is 3160. The first-order chi connectivity index (χ1) is 27.0. The molecular formula is C28H22ClF2N7O16S5. The van der Waals surface area contributed by atoms with Gasteiger partial charge < -0.3 is 15.3 Å². The number of fused-ring (bicyclic) bond motifs is 1. The van der Waals surface area contributed by atoms with Crippen molar-refractivity contribution in [1.82, 2.24) is 15.0 Å². The van der Waals surface area contributed by atoms with Crippen LogP contribution in [0.3, 0.4) is 0 Å². The summed E-state index contributed by atoms with van der Waals surface area (Å²) in [5.74, 6) is -6.38. The fourth-order valence-corrected chi connectivity index (χ4v) is 8.37. The van der Waals surface area contributed by atoms with Gasteiger partial charge in [0.25, 0.3) is 30.4 Å². The van der Waals surface area contributed by atoms with Gasteiger partial charge >= 0.3 is 10.4 Å². The number of aromatic hydroxyl groups is 1. The van der Waals surface area contributed by atoms with Crippen molar-refractivity contribution >= 4 is 108 Å². The van der Waals surface area contributed by atoms with E-state index in [9.17, 15) is 65.1 Å². The maximum Gasteiger partial charge on any atom is 0.397 e. The monoisotopic (exact) mass is 945 g/mol. The lowest BCUT2D eigenvalue weighted by molar-refractivity contribution is 0.284. The third-order valence-corrected chi connectivity index (χ3v) is 12.4. The van der Waals surface area contributed by atoms with Crippen LogP contribution < -0.4 is 10.2 Å². The van der Waals surface area contributed by atoms with E-state index < -0.39 is 134 Å². The fourth-order valence-electron chi connectivity index (χ4n) is 4.93. The molecule has 0 atom stereocenters. The Hall–Kier alpha value is -5.15. The number of hydrogen-bond acceptors (Lipinski definition) is 19. The molecule has 1 aromatic heterocycles. The lowest BCUT2D eigenvalue weighted by atomic mass is 10.1. The molecule has 0 aliphatic rings. The van der Waals surface area contributed by atoms with E-state index in [0.29, 0.717) is 18.2 Å². The molecule has 0 fully saturated rings. The minimum absolute atomic E-state index is 0.0125. The fraction of sp³-hybridized carbons (Fsp3) is 0.107. The number of anilines is 4. The van der Waals surface area contributed by atoms with Crippen LogP contribution in [0.4, 0.5) is 43.4 Å². The Morgan fingerprint density at radius 1 is 0.780 bits per heavy atom. The van der Waals surface area contributed by atoms with Gasteiger partial charge in [0.15, 0.2) is 21.4 Å². The second-order valence-corrected chi connectivity index (χ2v) is 19.2. The van der Waals surface area contributed by atoms with E-state index in [1.807, 2.05) is 0 Å². The number of phenolic OH excluding ortho intramolecular Hbond substituents is 1. The van der Waals surface area contributed by atoms with E-state index in [4.69, 9.17) is 20.7 Å². The summed E-state index contributed by atoms with van der Waals surface area (Å²) in [5, 5.41) is 18.9. The molecule has 0 saturated heterocycles. The van der Waals surface area contributed by atoms with Gasteiger partial charge in [-0.3, -0.25) is 18.2 Å².